The van der Waals surface area contributed by atoms with Crippen LogP contribution in [0.1, 0.15) is 81.6 Å². The van der Waals surface area contributed by atoms with Gasteiger partial charge < -0.3 is 38.8 Å². The Morgan fingerprint density at radius 3 is 2.14 bits per heavy atom. The lowest BCUT2D eigenvalue weighted by Crippen LogP contribution is -2.60. The van der Waals surface area contributed by atoms with Crippen molar-refractivity contribution in [2.24, 2.45) is 23.7 Å². The molecule has 0 bridgehead atoms. The van der Waals surface area contributed by atoms with Gasteiger partial charge in [0.1, 0.15) is 23.4 Å². The monoisotopic (exact) mass is 629 g/mol. The molecule has 2 heterocycles. The number of Topliss-reactive ketones (excluding diaryl/α,β-unsaturated/α-hetero) is 2. The van der Waals surface area contributed by atoms with Crippen LogP contribution < -0.4 is 0 Å². The third kappa shape index (κ3) is 8.24. The number of aliphatic hydroxyl groups is 2. The van der Waals surface area contributed by atoms with E-state index in [1.54, 1.807) is 27.7 Å². The van der Waals surface area contributed by atoms with Gasteiger partial charge in [-0.2, -0.15) is 0 Å². The summed E-state index contributed by atoms with van der Waals surface area (Å²) in [5, 5.41) is 22.4. The number of hydrogen-bond acceptors (Lipinski definition) is 12. The number of rotatable bonds is 6. The van der Waals surface area contributed by atoms with Gasteiger partial charge in [-0.25, -0.2) is 0 Å². The molecular formula is C32H55NO11. The van der Waals surface area contributed by atoms with E-state index in [1.807, 2.05) is 25.9 Å². The number of aliphatic hydroxyl groups excluding tert-OH is 1. The minimum atomic E-state index is -1.96. The molecule has 254 valence electrons. The van der Waals surface area contributed by atoms with Crippen molar-refractivity contribution in [3.63, 3.8) is 0 Å². The van der Waals surface area contributed by atoms with Gasteiger partial charge in [-0.15, -0.1) is 0 Å². The van der Waals surface area contributed by atoms with Crippen molar-refractivity contribution in [2.45, 2.75) is 136 Å². The molecule has 2 aliphatic heterocycles. The van der Waals surface area contributed by atoms with Gasteiger partial charge in [0.05, 0.1) is 30.0 Å². The van der Waals surface area contributed by atoms with Gasteiger partial charge >= 0.3 is 11.9 Å². The Balaban J connectivity index is 2.68. The van der Waals surface area contributed by atoms with Crippen LogP contribution in [0.15, 0.2) is 0 Å². The molecule has 0 aromatic heterocycles. The third-order valence-corrected chi connectivity index (χ3v) is 9.58. The van der Waals surface area contributed by atoms with E-state index in [2.05, 4.69) is 0 Å². The summed E-state index contributed by atoms with van der Waals surface area (Å²) < 4.78 is 30.1. The quantitative estimate of drug-likeness (QED) is 0.327. The summed E-state index contributed by atoms with van der Waals surface area (Å²) in [6, 6.07) is -0.263. The van der Waals surface area contributed by atoms with Crippen molar-refractivity contribution < 1.29 is 53.1 Å². The van der Waals surface area contributed by atoms with E-state index >= 15 is 0 Å². The van der Waals surface area contributed by atoms with Crippen LogP contribution >= 0.6 is 0 Å². The average Bonchev–Trinajstić information content (AvgIpc) is 2.95. The second kappa shape index (κ2) is 15.1. The van der Waals surface area contributed by atoms with Crippen molar-refractivity contribution in [2.75, 3.05) is 21.2 Å². The van der Waals surface area contributed by atoms with Crippen molar-refractivity contribution in [3.05, 3.63) is 0 Å². The topological polar surface area (TPSA) is 158 Å². The van der Waals surface area contributed by atoms with Gasteiger partial charge in [-0.3, -0.25) is 19.2 Å². The Morgan fingerprint density at radius 2 is 1.64 bits per heavy atom. The van der Waals surface area contributed by atoms with Crippen LogP contribution in [0.4, 0.5) is 0 Å². The van der Waals surface area contributed by atoms with Crippen LogP contribution in [0.5, 0.6) is 0 Å². The first-order valence-electron chi connectivity index (χ1n) is 15.6. The van der Waals surface area contributed by atoms with E-state index < -0.39 is 83.3 Å². The SMILES string of the molecule is CCC1OC(=O)[C@H](C)C(=O)[C@H](C)[C@@H](O[C@@H]2O[C@H](C)C[C@H](N(C)C)[C@H]2OC(C)=O)[C@](C)(OC)C[C@@H](C)C(=O)[C@H](C)[C@@H](O)[C@]1(C)O. The number of nitrogens with zero attached hydrogens (tertiary/aromatic N) is 1. The number of ether oxygens (including phenoxy) is 5. The minimum absolute atomic E-state index is 0.0669. The van der Waals surface area contributed by atoms with Crippen molar-refractivity contribution in [1.29, 1.82) is 0 Å². The Morgan fingerprint density at radius 1 is 1.05 bits per heavy atom. The van der Waals surface area contributed by atoms with E-state index in [0.29, 0.717) is 6.42 Å². The van der Waals surface area contributed by atoms with Gasteiger partial charge in [0.2, 0.25) is 0 Å². The summed E-state index contributed by atoms with van der Waals surface area (Å²) in [6.45, 7) is 14.1. The molecule has 12 heteroatoms. The van der Waals surface area contributed by atoms with E-state index in [-0.39, 0.29) is 30.8 Å². The molecule has 2 rings (SSSR count). The van der Waals surface area contributed by atoms with Crippen LogP contribution in [0.3, 0.4) is 0 Å². The molecule has 0 amide bonds. The average molecular weight is 630 g/mol. The first-order chi connectivity index (χ1) is 20.2. The van der Waals surface area contributed by atoms with E-state index in [9.17, 15) is 29.4 Å². The number of carbonyl (C=O) groups excluding carboxylic acids is 4. The molecule has 0 radical (unpaired) electrons. The molecule has 12 nitrogen and oxygen atoms in total. The normalized spacial score (nSPS) is 43.3. The Kier molecular flexibility index (Phi) is 13.1. The molecule has 2 N–H and O–H groups in total. The second-order valence-corrected chi connectivity index (χ2v) is 13.4. The molecule has 2 saturated heterocycles. The lowest BCUT2D eigenvalue weighted by Gasteiger charge is -2.47. The number of methoxy groups -OCH3 is 1. The minimum Gasteiger partial charge on any atom is -0.459 e. The van der Waals surface area contributed by atoms with Gasteiger partial charge in [-0.05, 0) is 61.1 Å². The summed E-state index contributed by atoms with van der Waals surface area (Å²) in [6.07, 6.45) is -5.28. The fraction of sp³-hybridized carbons (Fsp3) is 0.875. The highest BCUT2D eigenvalue weighted by atomic mass is 16.7. The lowest BCUT2D eigenvalue weighted by molar-refractivity contribution is -0.298. The molecule has 0 aliphatic carbocycles. The van der Waals surface area contributed by atoms with Gasteiger partial charge in [0, 0.05) is 31.8 Å². The van der Waals surface area contributed by atoms with Crippen LogP contribution in [-0.4, -0.2) is 114 Å². The highest BCUT2D eigenvalue weighted by molar-refractivity contribution is 6.00. The first kappa shape index (κ1) is 38.2. The molecular weight excluding hydrogens is 574 g/mol. The number of esters is 2. The standard InChI is InChI=1S/C32H55NO11/c1-13-23-32(9,39)27(37)18(4)24(35)16(2)15-31(8,40-12)28(19(5)25(36)20(6)29(38)43-23)44-30-26(42-21(7)34)22(33(10)11)14-17(3)41-30/h16-20,22-23,26-28,30,37,39H,13-15H2,1-12H3/t16-,17-,18+,19+,20-,22+,23?,26-,27-,28-,30+,31-,32-/m1/s1. The van der Waals surface area contributed by atoms with Crippen molar-refractivity contribution >= 4 is 23.5 Å². The Labute approximate surface area is 262 Å². The maximum absolute atomic E-state index is 13.9. The summed E-state index contributed by atoms with van der Waals surface area (Å²) in [5.74, 6) is -6.24. The zero-order chi connectivity index (χ0) is 33.9. The Bertz CT molecular complexity index is 1030. The molecule has 0 saturated carbocycles. The van der Waals surface area contributed by atoms with Crippen LogP contribution in [0, 0.1) is 23.7 Å². The van der Waals surface area contributed by atoms with E-state index in [1.165, 1.54) is 34.8 Å². The molecule has 2 aliphatic rings. The van der Waals surface area contributed by atoms with Gasteiger partial charge in [0.25, 0.3) is 0 Å². The predicted octanol–water partition coefficient (Wildman–Crippen LogP) is 2.29. The van der Waals surface area contributed by atoms with Crippen molar-refractivity contribution in [3.8, 4) is 0 Å². The second-order valence-electron chi connectivity index (χ2n) is 13.4. The number of carbonyl (C=O) groups is 4. The molecule has 0 spiro atoms. The highest BCUT2D eigenvalue weighted by Crippen LogP contribution is 2.38. The fourth-order valence-electron chi connectivity index (χ4n) is 6.74. The summed E-state index contributed by atoms with van der Waals surface area (Å²) in [4.78, 5) is 55.0. The van der Waals surface area contributed by atoms with E-state index in [4.69, 9.17) is 23.7 Å². The number of cyclic esters (lactones) is 1. The molecule has 13 atom stereocenters. The fourth-order valence-corrected chi connectivity index (χ4v) is 6.74. The zero-order valence-corrected chi connectivity index (χ0v) is 28.5. The van der Waals surface area contributed by atoms with Crippen LogP contribution in [0.25, 0.3) is 0 Å². The number of hydrogen-bond donors (Lipinski definition) is 2. The van der Waals surface area contributed by atoms with Crippen LogP contribution in [0.2, 0.25) is 0 Å². The van der Waals surface area contributed by atoms with E-state index in [0.717, 1.165) is 0 Å². The van der Waals surface area contributed by atoms with Gasteiger partial charge in [0.15, 0.2) is 18.2 Å². The number of likely N-dealkylation sites (N-methyl/N-ethyl adjacent to an activating group) is 1. The number of ketones is 2. The summed E-state index contributed by atoms with van der Waals surface area (Å²) >= 11 is 0. The third-order valence-electron chi connectivity index (χ3n) is 9.58. The first-order valence-corrected chi connectivity index (χ1v) is 15.6. The van der Waals surface area contributed by atoms with Gasteiger partial charge in [-0.1, -0.05) is 27.7 Å². The van der Waals surface area contributed by atoms with Crippen LogP contribution in [-0.2, 0) is 42.9 Å². The van der Waals surface area contributed by atoms with Crippen molar-refractivity contribution in [1.82, 2.24) is 4.90 Å². The smallest absolute Gasteiger partial charge is 0.316 e. The largest absolute Gasteiger partial charge is 0.459 e. The lowest BCUT2D eigenvalue weighted by atomic mass is 9.74. The summed E-state index contributed by atoms with van der Waals surface area (Å²) in [7, 11) is 5.16. The predicted molar refractivity (Wildman–Crippen MR) is 160 cm³/mol. The molecule has 0 aromatic carbocycles. The Hall–Kier alpha value is -1.96. The molecule has 0 aromatic rings. The maximum atomic E-state index is 13.9. The molecule has 2 fully saturated rings. The molecule has 1 unspecified atom stereocenters. The summed E-state index contributed by atoms with van der Waals surface area (Å²) in [5.41, 5.74) is -3.26. The maximum Gasteiger partial charge on any atom is 0.316 e. The molecule has 44 heavy (non-hydrogen) atoms. The highest BCUT2D eigenvalue weighted by Gasteiger charge is 2.52. The zero-order valence-electron chi connectivity index (χ0n) is 28.5.